The Balaban J connectivity index is 1.45. The van der Waals surface area contributed by atoms with Gasteiger partial charge in [0.15, 0.2) is 0 Å². The molecule has 0 spiro atoms. The Morgan fingerprint density at radius 3 is 2.36 bits per heavy atom. The lowest BCUT2D eigenvalue weighted by Gasteiger charge is -2.28. The van der Waals surface area contributed by atoms with Gasteiger partial charge in [-0.15, -0.1) is 0 Å². The molecule has 156 valence electrons. The van der Waals surface area contributed by atoms with Crippen LogP contribution in [0.1, 0.15) is 46.0 Å². The number of hydrogen-bond donors (Lipinski definition) is 2. The number of sulfonamides is 1. The molecular formula is C20H30N2O5S. The third kappa shape index (κ3) is 5.68. The van der Waals surface area contributed by atoms with E-state index in [9.17, 15) is 13.2 Å². The number of amides is 1. The molecule has 1 saturated carbocycles. The Morgan fingerprint density at radius 2 is 1.79 bits per heavy atom. The van der Waals surface area contributed by atoms with Crippen LogP contribution < -0.4 is 14.8 Å². The van der Waals surface area contributed by atoms with Gasteiger partial charge in [-0.2, -0.15) is 0 Å². The van der Waals surface area contributed by atoms with Gasteiger partial charge in [-0.1, -0.05) is 0 Å². The van der Waals surface area contributed by atoms with Crippen LogP contribution in [0.25, 0.3) is 0 Å². The van der Waals surface area contributed by atoms with Crippen molar-refractivity contribution in [3.63, 3.8) is 0 Å². The van der Waals surface area contributed by atoms with E-state index in [0.29, 0.717) is 32.3 Å². The van der Waals surface area contributed by atoms with Crippen LogP contribution in [0.3, 0.4) is 0 Å². The standard InChI is InChI=1S/C20H30N2O5S/c1-14(2)28(24,25)22-17-5-3-15(4-6-17)20(23)21-16-7-9-18(10-8-16)27-19-11-12-26-13-19/h7-10,14-15,17,19,22H,3-6,11-13H2,1-2H3,(H,21,23). The third-order valence-corrected chi connectivity index (χ3v) is 7.27. The highest BCUT2D eigenvalue weighted by atomic mass is 32.2. The van der Waals surface area contributed by atoms with Crippen molar-refractivity contribution in [2.75, 3.05) is 18.5 Å². The summed E-state index contributed by atoms with van der Waals surface area (Å²) < 4.78 is 37.8. The van der Waals surface area contributed by atoms with Gasteiger partial charge in [-0.05, 0) is 63.8 Å². The van der Waals surface area contributed by atoms with Crippen LogP contribution in [0.5, 0.6) is 5.75 Å². The smallest absolute Gasteiger partial charge is 0.227 e. The maximum atomic E-state index is 12.5. The Hall–Kier alpha value is -1.64. The lowest BCUT2D eigenvalue weighted by molar-refractivity contribution is -0.120. The van der Waals surface area contributed by atoms with Gasteiger partial charge in [0.25, 0.3) is 0 Å². The fourth-order valence-corrected chi connectivity index (χ4v) is 4.47. The molecule has 7 nitrogen and oxygen atoms in total. The highest BCUT2D eigenvalue weighted by molar-refractivity contribution is 7.90. The highest BCUT2D eigenvalue weighted by Gasteiger charge is 2.29. The summed E-state index contributed by atoms with van der Waals surface area (Å²) in [7, 11) is -3.27. The van der Waals surface area contributed by atoms with Crippen LogP contribution in [0, 0.1) is 5.92 Å². The first kappa shape index (κ1) is 21.1. The van der Waals surface area contributed by atoms with E-state index in [1.165, 1.54) is 0 Å². The predicted molar refractivity (Wildman–Crippen MR) is 108 cm³/mol. The minimum absolute atomic E-state index is 0.0111. The summed E-state index contributed by atoms with van der Waals surface area (Å²) >= 11 is 0. The molecule has 2 aliphatic rings. The number of anilines is 1. The Labute approximate surface area is 167 Å². The SMILES string of the molecule is CC(C)S(=O)(=O)NC1CCC(C(=O)Nc2ccc(OC3CCOC3)cc2)CC1. The average Bonchev–Trinajstić information content (AvgIpc) is 3.16. The zero-order valence-electron chi connectivity index (χ0n) is 16.5. The second kappa shape index (κ2) is 9.24. The zero-order chi connectivity index (χ0) is 20.1. The number of carbonyl (C=O) groups is 1. The molecule has 1 unspecified atom stereocenters. The molecule has 1 saturated heterocycles. The van der Waals surface area contributed by atoms with Crippen molar-refractivity contribution in [2.45, 2.75) is 63.3 Å². The van der Waals surface area contributed by atoms with Crippen LogP contribution in [-0.2, 0) is 19.6 Å². The summed E-state index contributed by atoms with van der Waals surface area (Å²) in [5.41, 5.74) is 0.739. The molecular weight excluding hydrogens is 380 g/mol. The van der Waals surface area contributed by atoms with Crippen LogP contribution in [0.15, 0.2) is 24.3 Å². The van der Waals surface area contributed by atoms with Crippen LogP contribution in [0.4, 0.5) is 5.69 Å². The van der Waals surface area contributed by atoms with Gasteiger partial charge < -0.3 is 14.8 Å². The quantitative estimate of drug-likeness (QED) is 0.721. The molecule has 8 heteroatoms. The summed E-state index contributed by atoms with van der Waals surface area (Å²) in [6, 6.07) is 7.31. The average molecular weight is 411 g/mol. The minimum atomic E-state index is -3.27. The second-order valence-electron chi connectivity index (χ2n) is 7.88. The van der Waals surface area contributed by atoms with Gasteiger partial charge in [-0.25, -0.2) is 13.1 Å². The van der Waals surface area contributed by atoms with Gasteiger partial charge in [-0.3, -0.25) is 4.79 Å². The number of nitrogens with one attached hydrogen (secondary N) is 2. The van der Waals surface area contributed by atoms with E-state index in [2.05, 4.69) is 10.0 Å². The summed E-state index contributed by atoms with van der Waals surface area (Å²) in [5.74, 6) is 0.667. The number of carbonyl (C=O) groups excluding carboxylic acids is 1. The molecule has 28 heavy (non-hydrogen) atoms. The Bertz CT molecular complexity index is 749. The summed E-state index contributed by atoms with van der Waals surface area (Å²) in [6.07, 6.45) is 3.72. The molecule has 1 aromatic rings. The van der Waals surface area contributed by atoms with E-state index in [1.807, 2.05) is 24.3 Å². The van der Waals surface area contributed by atoms with Crippen molar-refractivity contribution in [3.05, 3.63) is 24.3 Å². The maximum Gasteiger partial charge on any atom is 0.227 e. The van der Waals surface area contributed by atoms with Gasteiger partial charge in [0.05, 0.1) is 18.5 Å². The lowest BCUT2D eigenvalue weighted by atomic mass is 9.86. The van der Waals surface area contributed by atoms with Crippen LogP contribution in [0.2, 0.25) is 0 Å². The molecule has 1 atom stereocenters. The summed E-state index contributed by atoms with van der Waals surface area (Å²) in [6.45, 7) is 4.69. The number of rotatable bonds is 7. The molecule has 2 fully saturated rings. The van der Waals surface area contributed by atoms with Crippen molar-refractivity contribution in [3.8, 4) is 5.75 Å². The van der Waals surface area contributed by atoms with Crippen molar-refractivity contribution in [1.29, 1.82) is 0 Å². The summed E-state index contributed by atoms with van der Waals surface area (Å²) in [4.78, 5) is 12.5. The number of hydrogen-bond acceptors (Lipinski definition) is 5. The lowest BCUT2D eigenvalue weighted by Crippen LogP contribution is -2.42. The van der Waals surface area contributed by atoms with Gasteiger partial charge >= 0.3 is 0 Å². The molecule has 1 amide bonds. The van der Waals surface area contributed by atoms with E-state index < -0.39 is 15.3 Å². The monoisotopic (exact) mass is 410 g/mol. The largest absolute Gasteiger partial charge is 0.488 e. The fraction of sp³-hybridized carbons (Fsp3) is 0.650. The molecule has 1 aliphatic heterocycles. The van der Waals surface area contributed by atoms with Crippen molar-refractivity contribution in [2.24, 2.45) is 5.92 Å². The molecule has 0 radical (unpaired) electrons. The number of benzene rings is 1. The first-order valence-electron chi connectivity index (χ1n) is 10.00. The predicted octanol–water partition coefficient (Wildman–Crippen LogP) is 2.68. The van der Waals surface area contributed by atoms with E-state index in [1.54, 1.807) is 13.8 Å². The van der Waals surface area contributed by atoms with E-state index in [-0.39, 0.29) is 24.0 Å². The minimum Gasteiger partial charge on any atom is -0.488 e. The molecule has 1 aromatic carbocycles. The first-order valence-corrected chi connectivity index (χ1v) is 11.5. The maximum absolute atomic E-state index is 12.5. The molecule has 1 heterocycles. The molecule has 0 bridgehead atoms. The Kier molecular flexibility index (Phi) is 6.95. The molecule has 3 rings (SSSR count). The zero-order valence-corrected chi connectivity index (χ0v) is 17.3. The summed E-state index contributed by atoms with van der Waals surface area (Å²) in [5, 5.41) is 2.51. The molecule has 1 aliphatic carbocycles. The van der Waals surface area contributed by atoms with E-state index in [0.717, 1.165) is 24.5 Å². The topological polar surface area (TPSA) is 93.7 Å². The molecule has 2 N–H and O–H groups in total. The van der Waals surface area contributed by atoms with Crippen molar-refractivity contribution < 1.29 is 22.7 Å². The number of ether oxygens (including phenoxy) is 2. The Morgan fingerprint density at radius 1 is 1.11 bits per heavy atom. The van der Waals surface area contributed by atoms with E-state index in [4.69, 9.17) is 9.47 Å². The second-order valence-corrected chi connectivity index (χ2v) is 10.1. The third-order valence-electron chi connectivity index (χ3n) is 5.36. The normalized spacial score (nSPS) is 25.6. The van der Waals surface area contributed by atoms with E-state index >= 15 is 0 Å². The molecule has 0 aromatic heterocycles. The van der Waals surface area contributed by atoms with Crippen LogP contribution in [-0.4, -0.2) is 44.9 Å². The van der Waals surface area contributed by atoms with Gasteiger partial charge in [0, 0.05) is 24.1 Å². The van der Waals surface area contributed by atoms with Crippen LogP contribution >= 0.6 is 0 Å². The van der Waals surface area contributed by atoms with Crippen molar-refractivity contribution in [1.82, 2.24) is 4.72 Å². The van der Waals surface area contributed by atoms with Gasteiger partial charge in [0.2, 0.25) is 15.9 Å². The van der Waals surface area contributed by atoms with Gasteiger partial charge in [0.1, 0.15) is 11.9 Å². The van der Waals surface area contributed by atoms with Crippen molar-refractivity contribution >= 4 is 21.6 Å². The highest BCUT2D eigenvalue weighted by Crippen LogP contribution is 2.27. The first-order chi connectivity index (χ1) is 13.3. The fourth-order valence-electron chi connectivity index (χ4n) is 3.50.